The quantitative estimate of drug-likeness (QED) is 0.435. The number of nitrogens with zero attached hydrogens (tertiary/aromatic N) is 1. The van der Waals surface area contributed by atoms with Crippen molar-refractivity contribution in [3.8, 4) is 0 Å². The summed E-state index contributed by atoms with van der Waals surface area (Å²) < 4.78 is 0. The van der Waals surface area contributed by atoms with Crippen molar-refractivity contribution in [2.45, 2.75) is 0 Å². The molecule has 8 heavy (non-hydrogen) atoms. The minimum absolute atomic E-state index is 0.700. The van der Waals surface area contributed by atoms with Crippen molar-refractivity contribution in [2.24, 2.45) is 4.99 Å². The van der Waals surface area contributed by atoms with Gasteiger partial charge in [0.05, 0.1) is 20.3 Å². The Kier molecular flexibility index (Phi) is 1.82. The molecule has 0 saturated heterocycles. The predicted octanol–water partition coefficient (Wildman–Crippen LogP) is -0.903. The molecule has 4 heteroatoms. The van der Waals surface area contributed by atoms with Crippen LogP contribution in [0.5, 0.6) is 0 Å². The number of hydroxylamine groups is 1. The standard InChI is InChI=1S/C4H9N3O/c1-8-7-4-2-5-3-6-4/h5H,2-3H2,1H3,(H,6,7). The van der Waals surface area contributed by atoms with Gasteiger partial charge < -0.3 is 0 Å². The van der Waals surface area contributed by atoms with Crippen LogP contribution in [0.3, 0.4) is 0 Å². The first kappa shape index (κ1) is 5.53. The Labute approximate surface area is 47.9 Å². The van der Waals surface area contributed by atoms with E-state index < -0.39 is 0 Å². The van der Waals surface area contributed by atoms with E-state index in [1.54, 1.807) is 7.11 Å². The Morgan fingerprint density at radius 3 is 3.25 bits per heavy atom. The Hall–Kier alpha value is -0.610. The highest BCUT2D eigenvalue weighted by atomic mass is 16.6. The minimum atomic E-state index is 0.700. The molecule has 0 bridgehead atoms. The van der Waals surface area contributed by atoms with E-state index in [0.717, 1.165) is 12.4 Å². The molecular formula is C4H9N3O. The third-order valence-corrected chi connectivity index (χ3v) is 0.894. The molecular weight excluding hydrogens is 106 g/mol. The van der Waals surface area contributed by atoms with Gasteiger partial charge in [-0.05, 0) is 0 Å². The van der Waals surface area contributed by atoms with E-state index in [0.29, 0.717) is 6.67 Å². The van der Waals surface area contributed by atoms with Gasteiger partial charge in [0.1, 0.15) is 5.84 Å². The van der Waals surface area contributed by atoms with Crippen LogP contribution in [0.4, 0.5) is 0 Å². The van der Waals surface area contributed by atoms with E-state index in [9.17, 15) is 0 Å². The Bertz CT molecular complexity index is 101. The fourth-order valence-electron chi connectivity index (χ4n) is 0.568. The maximum Gasteiger partial charge on any atom is 0.136 e. The monoisotopic (exact) mass is 115 g/mol. The molecule has 1 aliphatic heterocycles. The van der Waals surface area contributed by atoms with Gasteiger partial charge in [0, 0.05) is 0 Å². The molecule has 0 atom stereocenters. The highest BCUT2D eigenvalue weighted by molar-refractivity contribution is 5.84. The lowest BCUT2D eigenvalue weighted by Gasteiger charge is -1.97. The zero-order valence-electron chi connectivity index (χ0n) is 4.77. The zero-order valence-corrected chi connectivity index (χ0v) is 4.77. The average molecular weight is 115 g/mol. The molecule has 0 radical (unpaired) electrons. The molecule has 1 rings (SSSR count). The van der Waals surface area contributed by atoms with E-state index in [-0.39, 0.29) is 0 Å². The Balaban J connectivity index is 2.23. The van der Waals surface area contributed by atoms with E-state index in [2.05, 4.69) is 20.6 Å². The summed E-state index contributed by atoms with van der Waals surface area (Å²) in [5.41, 5.74) is 2.63. The predicted molar refractivity (Wildman–Crippen MR) is 30.4 cm³/mol. The minimum Gasteiger partial charge on any atom is -0.291 e. The number of hydrogen-bond acceptors (Lipinski definition) is 4. The molecule has 1 heterocycles. The molecule has 0 saturated carbocycles. The van der Waals surface area contributed by atoms with Gasteiger partial charge in [-0.15, -0.1) is 0 Å². The van der Waals surface area contributed by atoms with Gasteiger partial charge in [-0.25, -0.2) is 0 Å². The van der Waals surface area contributed by atoms with Crippen LogP contribution in [0.15, 0.2) is 4.99 Å². The van der Waals surface area contributed by atoms with Crippen molar-refractivity contribution in [1.82, 2.24) is 10.8 Å². The molecule has 0 aromatic heterocycles. The summed E-state index contributed by atoms with van der Waals surface area (Å²) in [6, 6.07) is 0. The first-order valence-corrected chi connectivity index (χ1v) is 2.46. The van der Waals surface area contributed by atoms with Crippen molar-refractivity contribution >= 4 is 5.84 Å². The van der Waals surface area contributed by atoms with E-state index in [1.165, 1.54) is 0 Å². The summed E-state index contributed by atoms with van der Waals surface area (Å²) in [6.07, 6.45) is 0. The van der Waals surface area contributed by atoms with E-state index in [4.69, 9.17) is 0 Å². The third-order valence-electron chi connectivity index (χ3n) is 0.894. The van der Waals surface area contributed by atoms with Crippen molar-refractivity contribution in [3.63, 3.8) is 0 Å². The largest absolute Gasteiger partial charge is 0.291 e. The number of rotatable bonds is 1. The first-order chi connectivity index (χ1) is 3.93. The maximum absolute atomic E-state index is 4.60. The molecule has 0 spiro atoms. The zero-order chi connectivity index (χ0) is 5.82. The summed E-state index contributed by atoms with van der Waals surface area (Å²) in [4.78, 5) is 8.60. The molecule has 46 valence electrons. The molecule has 4 nitrogen and oxygen atoms in total. The van der Waals surface area contributed by atoms with Crippen LogP contribution in [0, 0.1) is 0 Å². The van der Waals surface area contributed by atoms with Crippen LogP contribution in [-0.4, -0.2) is 26.2 Å². The fraction of sp³-hybridized carbons (Fsp3) is 0.750. The second-order valence-electron chi connectivity index (χ2n) is 1.50. The third kappa shape index (κ3) is 1.18. The molecule has 2 N–H and O–H groups in total. The summed E-state index contributed by atoms with van der Waals surface area (Å²) in [5.74, 6) is 0.868. The lowest BCUT2D eigenvalue weighted by Crippen LogP contribution is -2.26. The van der Waals surface area contributed by atoms with Crippen molar-refractivity contribution in [1.29, 1.82) is 0 Å². The van der Waals surface area contributed by atoms with Gasteiger partial charge in [0.15, 0.2) is 0 Å². The van der Waals surface area contributed by atoms with Crippen LogP contribution < -0.4 is 10.8 Å². The highest BCUT2D eigenvalue weighted by Gasteiger charge is 2.01. The second kappa shape index (κ2) is 2.64. The van der Waals surface area contributed by atoms with Gasteiger partial charge in [-0.3, -0.25) is 20.6 Å². The van der Waals surface area contributed by atoms with Gasteiger partial charge in [-0.1, -0.05) is 0 Å². The highest BCUT2D eigenvalue weighted by Crippen LogP contribution is 1.79. The normalized spacial score (nSPS) is 18.4. The maximum atomic E-state index is 4.60. The van der Waals surface area contributed by atoms with Crippen molar-refractivity contribution in [3.05, 3.63) is 0 Å². The van der Waals surface area contributed by atoms with Crippen molar-refractivity contribution in [2.75, 3.05) is 20.3 Å². The number of hydrogen-bond donors (Lipinski definition) is 2. The second-order valence-corrected chi connectivity index (χ2v) is 1.50. The summed E-state index contributed by atoms with van der Waals surface area (Å²) in [6.45, 7) is 1.49. The van der Waals surface area contributed by atoms with Crippen LogP contribution in [0.1, 0.15) is 0 Å². The lowest BCUT2D eigenvalue weighted by molar-refractivity contribution is 0.144. The van der Waals surface area contributed by atoms with Gasteiger partial charge in [0.25, 0.3) is 0 Å². The van der Waals surface area contributed by atoms with Crippen LogP contribution in [-0.2, 0) is 4.84 Å². The fourth-order valence-corrected chi connectivity index (χ4v) is 0.568. The number of nitrogens with one attached hydrogen (secondary N) is 2. The SMILES string of the molecule is CONC1=NCNC1. The Morgan fingerprint density at radius 2 is 2.75 bits per heavy atom. The summed E-state index contributed by atoms with van der Waals surface area (Å²) >= 11 is 0. The Morgan fingerprint density at radius 1 is 1.88 bits per heavy atom. The van der Waals surface area contributed by atoms with Gasteiger partial charge >= 0.3 is 0 Å². The molecule has 1 aliphatic rings. The first-order valence-electron chi connectivity index (χ1n) is 2.46. The molecule has 0 amide bonds. The molecule has 0 aromatic carbocycles. The lowest BCUT2D eigenvalue weighted by atomic mass is 10.6. The smallest absolute Gasteiger partial charge is 0.136 e. The van der Waals surface area contributed by atoms with E-state index >= 15 is 0 Å². The summed E-state index contributed by atoms with van der Waals surface area (Å²) in [7, 11) is 1.57. The molecule has 0 aliphatic carbocycles. The molecule has 0 aromatic rings. The number of amidine groups is 1. The van der Waals surface area contributed by atoms with Crippen molar-refractivity contribution < 1.29 is 4.84 Å². The summed E-state index contributed by atoms with van der Waals surface area (Å²) in [5, 5.41) is 3.01. The van der Waals surface area contributed by atoms with E-state index in [1.807, 2.05) is 0 Å². The van der Waals surface area contributed by atoms with Crippen LogP contribution >= 0.6 is 0 Å². The van der Waals surface area contributed by atoms with Gasteiger partial charge in [-0.2, -0.15) is 0 Å². The molecule has 0 unspecified atom stereocenters. The number of aliphatic imine (C=N–C) groups is 1. The molecule has 0 fully saturated rings. The van der Waals surface area contributed by atoms with Gasteiger partial charge in [0.2, 0.25) is 0 Å². The van der Waals surface area contributed by atoms with Crippen LogP contribution in [0.25, 0.3) is 0 Å². The average Bonchev–Trinajstić information content (AvgIpc) is 2.19. The topological polar surface area (TPSA) is 45.6 Å². The van der Waals surface area contributed by atoms with Crippen LogP contribution in [0.2, 0.25) is 0 Å².